The molecule has 3 aromatic carbocycles. The van der Waals surface area contributed by atoms with Crippen LogP contribution in [0.5, 0.6) is 28.7 Å². The first kappa shape index (κ1) is 17.5. The van der Waals surface area contributed by atoms with Gasteiger partial charge in [-0.1, -0.05) is 30.3 Å². The second-order valence-corrected chi connectivity index (χ2v) is 6.07. The van der Waals surface area contributed by atoms with Gasteiger partial charge in [-0.05, 0) is 24.3 Å². The van der Waals surface area contributed by atoms with Gasteiger partial charge < -0.3 is 24.1 Å². The second-order valence-electron chi connectivity index (χ2n) is 6.07. The fraction of sp³-hybridized carbons (Fsp3) is 0.0455. The van der Waals surface area contributed by atoms with Crippen LogP contribution in [0.4, 0.5) is 0 Å². The van der Waals surface area contributed by atoms with Gasteiger partial charge in [0.1, 0.15) is 28.2 Å². The molecule has 1 aromatic heterocycles. The molecule has 0 aliphatic rings. The normalized spacial score (nSPS) is 10.8. The Hall–Kier alpha value is -3.93. The van der Waals surface area contributed by atoms with E-state index in [4.69, 9.17) is 13.9 Å². The predicted molar refractivity (Wildman–Crippen MR) is 104 cm³/mol. The summed E-state index contributed by atoms with van der Waals surface area (Å²) in [7, 11) is 1.29. The van der Waals surface area contributed by atoms with Crippen molar-refractivity contribution in [1.29, 1.82) is 0 Å². The summed E-state index contributed by atoms with van der Waals surface area (Å²) < 4.78 is 16.5. The van der Waals surface area contributed by atoms with Crippen molar-refractivity contribution in [2.75, 3.05) is 7.11 Å². The number of benzene rings is 3. The molecule has 2 N–H and O–H groups in total. The zero-order valence-corrected chi connectivity index (χ0v) is 14.9. The molecule has 0 saturated heterocycles. The zero-order chi connectivity index (χ0) is 19.7. The Morgan fingerprint density at radius 1 is 0.893 bits per heavy atom. The first-order valence-corrected chi connectivity index (χ1v) is 8.47. The van der Waals surface area contributed by atoms with Gasteiger partial charge in [-0.25, -0.2) is 0 Å². The highest BCUT2D eigenvalue weighted by Crippen LogP contribution is 2.41. The Bertz CT molecular complexity index is 1210. The first-order chi connectivity index (χ1) is 13.6. The molecule has 0 aliphatic heterocycles. The summed E-state index contributed by atoms with van der Waals surface area (Å²) >= 11 is 0. The lowest BCUT2D eigenvalue weighted by atomic mass is 10.1. The molecular weight excluding hydrogens is 360 g/mol. The average Bonchev–Trinajstić information content (AvgIpc) is 2.68. The first-order valence-electron chi connectivity index (χ1n) is 8.47. The molecule has 6 nitrogen and oxygen atoms in total. The van der Waals surface area contributed by atoms with Crippen molar-refractivity contribution < 1.29 is 24.1 Å². The van der Waals surface area contributed by atoms with Gasteiger partial charge in [-0.3, -0.25) is 4.79 Å². The van der Waals surface area contributed by atoms with Crippen LogP contribution in [0, 0.1) is 0 Å². The molecule has 4 rings (SSSR count). The molecule has 140 valence electrons. The van der Waals surface area contributed by atoms with Crippen LogP contribution in [-0.2, 0) is 0 Å². The maximum absolute atomic E-state index is 12.6. The number of phenolic OH excluding ortho intramolecular Hbond substituents is 2. The van der Waals surface area contributed by atoms with E-state index in [0.29, 0.717) is 17.1 Å². The van der Waals surface area contributed by atoms with Crippen LogP contribution in [-0.4, -0.2) is 17.3 Å². The third-order valence-corrected chi connectivity index (χ3v) is 4.23. The summed E-state index contributed by atoms with van der Waals surface area (Å²) in [5.74, 6) is 0.576. The number of fused-ring (bicyclic) bond motifs is 1. The van der Waals surface area contributed by atoms with Crippen LogP contribution in [0.1, 0.15) is 0 Å². The lowest BCUT2D eigenvalue weighted by molar-refractivity contribution is 0.346. The van der Waals surface area contributed by atoms with Gasteiger partial charge in [0.05, 0.1) is 7.11 Å². The van der Waals surface area contributed by atoms with E-state index in [1.54, 1.807) is 24.3 Å². The van der Waals surface area contributed by atoms with Gasteiger partial charge >= 0.3 is 0 Å². The SMILES string of the molecule is COc1c(O)cc2oc(-c3cccc(Oc4ccccc4)c3)cc(=O)c2c1O. The van der Waals surface area contributed by atoms with E-state index in [-0.39, 0.29) is 28.2 Å². The highest BCUT2D eigenvalue weighted by atomic mass is 16.5. The third-order valence-electron chi connectivity index (χ3n) is 4.23. The van der Waals surface area contributed by atoms with Crippen molar-refractivity contribution in [3.05, 3.63) is 77.0 Å². The molecule has 1 heterocycles. The number of rotatable bonds is 4. The van der Waals surface area contributed by atoms with E-state index in [9.17, 15) is 15.0 Å². The van der Waals surface area contributed by atoms with Crippen molar-refractivity contribution >= 4 is 11.0 Å². The van der Waals surface area contributed by atoms with Gasteiger partial charge in [0, 0.05) is 17.7 Å². The smallest absolute Gasteiger partial charge is 0.203 e. The average molecular weight is 376 g/mol. The Morgan fingerprint density at radius 2 is 1.64 bits per heavy atom. The molecule has 6 heteroatoms. The Morgan fingerprint density at radius 3 is 2.39 bits per heavy atom. The molecule has 0 radical (unpaired) electrons. The maximum atomic E-state index is 12.6. The molecular formula is C22H16O6. The van der Waals surface area contributed by atoms with E-state index < -0.39 is 11.2 Å². The summed E-state index contributed by atoms with van der Waals surface area (Å²) in [6, 6.07) is 18.9. The molecule has 0 aliphatic carbocycles. The van der Waals surface area contributed by atoms with Crippen LogP contribution in [0.2, 0.25) is 0 Å². The largest absolute Gasteiger partial charge is 0.504 e. The summed E-state index contributed by atoms with van der Waals surface area (Å²) in [4.78, 5) is 12.6. The Kier molecular flexibility index (Phi) is 4.37. The highest BCUT2D eigenvalue weighted by Gasteiger charge is 2.18. The summed E-state index contributed by atoms with van der Waals surface area (Å²) in [5, 5.41) is 20.1. The van der Waals surface area contributed by atoms with Crippen LogP contribution in [0.15, 0.2) is 75.9 Å². The highest BCUT2D eigenvalue weighted by molar-refractivity contribution is 5.89. The minimum absolute atomic E-state index is 0.0488. The quantitative estimate of drug-likeness (QED) is 0.538. The number of methoxy groups -OCH3 is 1. The number of hydrogen-bond acceptors (Lipinski definition) is 6. The van der Waals surface area contributed by atoms with E-state index in [1.165, 1.54) is 19.2 Å². The maximum Gasteiger partial charge on any atom is 0.203 e. The lowest BCUT2D eigenvalue weighted by Crippen LogP contribution is -2.02. The predicted octanol–water partition coefficient (Wildman–Crippen LogP) is 4.67. The van der Waals surface area contributed by atoms with E-state index in [0.717, 1.165) is 0 Å². The van der Waals surface area contributed by atoms with Crippen LogP contribution >= 0.6 is 0 Å². The van der Waals surface area contributed by atoms with E-state index in [2.05, 4.69) is 0 Å². The molecule has 0 fully saturated rings. The number of aromatic hydroxyl groups is 2. The monoisotopic (exact) mass is 376 g/mol. The Balaban J connectivity index is 1.80. The Labute approximate surface area is 159 Å². The molecule has 0 amide bonds. The fourth-order valence-corrected chi connectivity index (χ4v) is 2.95. The second kappa shape index (κ2) is 7.00. The van der Waals surface area contributed by atoms with Crippen molar-refractivity contribution in [3.8, 4) is 40.1 Å². The van der Waals surface area contributed by atoms with Crippen molar-refractivity contribution in [3.63, 3.8) is 0 Å². The summed E-state index contributed by atoms with van der Waals surface area (Å²) in [6.45, 7) is 0. The van der Waals surface area contributed by atoms with Crippen LogP contribution < -0.4 is 14.9 Å². The summed E-state index contributed by atoms with van der Waals surface area (Å²) in [5.41, 5.74) is 0.205. The van der Waals surface area contributed by atoms with Crippen LogP contribution in [0.3, 0.4) is 0 Å². The minimum atomic E-state index is -0.459. The number of para-hydroxylation sites is 1. The van der Waals surface area contributed by atoms with Gasteiger partial charge in [-0.15, -0.1) is 0 Å². The van der Waals surface area contributed by atoms with Gasteiger partial charge in [0.25, 0.3) is 0 Å². The van der Waals surface area contributed by atoms with E-state index in [1.807, 2.05) is 30.3 Å². The van der Waals surface area contributed by atoms with Gasteiger partial charge in [-0.2, -0.15) is 0 Å². The van der Waals surface area contributed by atoms with E-state index >= 15 is 0 Å². The molecule has 0 unspecified atom stereocenters. The number of ether oxygens (including phenoxy) is 2. The van der Waals surface area contributed by atoms with Gasteiger partial charge in [0.2, 0.25) is 5.75 Å². The van der Waals surface area contributed by atoms with Crippen LogP contribution in [0.25, 0.3) is 22.3 Å². The minimum Gasteiger partial charge on any atom is -0.504 e. The number of hydrogen-bond donors (Lipinski definition) is 2. The zero-order valence-electron chi connectivity index (χ0n) is 14.9. The third kappa shape index (κ3) is 3.12. The summed E-state index contributed by atoms with van der Waals surface area (Å²) in [6.07, 6.45) is 0. The van der Waals surface area contributed by atoms with Crippen molar-refractivity contribution in [1.82, 2.24) is 0 Å². The molecule has 28 heavy (non-hydrogen) atoms. The molecule has 0 bridgehead atoms. The number of phenols is 2. The standard InChI is InChI=1S/C22H16O6/c1-26-22-17(24)12-19-20(21(22)25)16(23)11-18(28-19)13-6-5-9-15(10-13)27-14-7-3-2-4-8-14/h2-12,24-25H,1H3. The van der Waals surface area contributed by atoms with Crippen molar-refractivity contribution in [2.45, 2.75) is 0 Å². The molecule has 0 saturated carbocycles. The topological polar surface area (TPSA) is 89.1 Å². The lowest BCUT2D eigenvalue weighted by Gasteiger charge is -2.10. The fourth-order valence-electron chi connectivity index (χ4n) is 2.95. The molecule has 4 aromatic rings. The van der Waals surface area contributed by atoms with Crippen molar-refractivity contribution in [2.24, 2.45) is 0 Å². The molecule has 0 atom stereocenters. The van der Waals surface area contributed by atoms with Gasteiger partial charge in [0.15, 0.2) is 16.9 Å². The molecule has 0 spiro atoms.